The number of pyridine rings is 1. The molecule has 100 valence electrons. The average molecular weight is 266 g/mol. The van der Waals surface area contributed by atoms with Crippen LogP contribution in [0.2, 0.25) is 0 Å². The Morgan fingerprint density at radius 2 is 2.10 bits per heavy atom. The van der Waals surface area contributed by atoms with Gasteiger partial charge in [0.2, 0.25) is 0 Å². The van der Waals surface area contributed by atoms with Gasteiger partial charge in [-0.2, -0.15) is 0 Å². The van der Waals surface area contributed by atoms with Crippen molar-refractivity contribution in [3.05, 3.63) is 60.2 Å². The van der Waals surface area contributed by atoms with E-state index in [1.54, 1.807) is 36.5 Å². The number of amides is 1. The van der Waals surface area contributed by atoms with E-state index < -0.39 is 0 Å². The highest BCUT2D eigenvalue weighted by atomic mass is 16.2. The highest BCUT2D eigenvalue weighted by Gasteiger charge is 2.13. The zero-order valence-corrected chi connectivity index (χ0v) is 11.1. The van der Waals surface area contributed by atoms with Gasteiger partial charge < -0.3 is 9.88 Å². The third-order valence-electron chi connectivity index (χ3n) is 3.08. The molecule has 0 radical (unpaired) electrons. The molecule has 1 amide bonds. The number of hydrogen-bond acceptors (Lipinski definition) is 3. The number of nitrogens with zero attached hydrogens (tertiary/aromatic N) is 3. The van der Waals surface area contributed by atoms with Gasteiger partial charge in [-0.1, -0.05) is 12.1 Å². The number of carbonyl (C=O) groups excluding carboxylic acids is 1. The second kappa shape index (κ2) is 5.13. The standard InChI is InChI=1S/C15H14N4O/c1-19(15(20)11-5-4-8-16-9-11)10-14-17-12-6-2-3-7-13(12)18-14/h2-9H,10H2,1H3,(H,17,18). The fourth-order valence-electron chi connectivity index (χ4n) is 2.09. The summed E-state index contributed by atoms with van der Waals surface area (Å²) in [5.74, 6) is 0.699. The molecule has 2 aromatic heterocycles. The highest BCUT2D eigenvalue weighted by molar-refractivity contribution is 5.93. The van der Waals surface area contributed by atoms with Crippen LogP contribution in [0.4, 0.5) is 0 Å². The molecule has 20 heavy (non-hydrogen) atoms. The van der Waals surface area contributed by atoms with E-state index in [1.165, 1.54) is 0 Å². The molecule has 0 atom stereocenters. The van der Waals surface area contributed by atoms with Crippen LogP contribution in [-0.2, 0) is 6.54 Å². The van der Waals surface area contributed by atoms with Crippen molar-refractivity contribution in [3.8, 4) is 0 Å². The van der Waals surface area contributed by atoms with Crippen molar-refractivity contribution in [1.82, 2.24) is 19.9 Å². The summed E-state index contributed by atoms with van der Waals surface area (Å²) in [6.45, 7) is 0.433. The van der Waals surface area contributed by atoms with Crippen LogP contribution in [0.25, 0.3) is 11.0 Å². The van der Waals surface area contributed by atoms with Gasteiger partial charge in [0.15, 0.2) is 0 Å². The summed E-state index contributed by atoms with van der Waals surface area (Å²) in [6.07, 6.45) is 3.22. The predicted molar refractivity (Wildman–Crippen MR) is 76.1 cm³/mol. The SMILES string of the molecule is CN(Cc1nc2ccccc2[nH]1)C(=O)c1cccnc1. The van der Waals surface area contributed by atoms with E-state index in [-0.39, 0.29) is 5.91 Å². The summed E-state index contributed by atoms with van der Waals surface area (Å²) in [5, 5.41) is 0. The first kappa shape index (κ1) is 12.3. The van der Waals surface area contributed by atoms with Crippen LogP contribution in [0.5, 0.6) is 0 Å². The molecule has 5 nitrogen and oxygen atoms in total. The lowest BCUT2D eigenvalue weighted by Gasteiger charge is -2.15. The van der Waals surface area contributed by atoms with E-state index in [9.17, 15) is 4.79 Å². The number of fused-ring (bicyclic) bond motifs is 1. The monoisotopic (exact) mass is 266 g/mol. The molecule has 0 aliphatic carbocycles. The van der Waals surface area contributed by atoms with Gasteiger partial charge in [0.1, 0.15) is 5.82 Å². The first-order chi connectivity index (χ1) is 9.74. The summed E-state index contributed by atoms with van der Waals surface area (Å²) < 4.78 is 0. The smallest absolute Gasteiger partial charge is 0.255 e. The number of rotatable bonds is 3. The molecule has 3 aromatic rings. The minimum atomic E-state index is -0.0708. The number of hydrogen-bond donors (Lipinski definition) is 1. The van der Waals surface area contributed by atoms with E-state index in [2.05, 4.69) is 15.0 Å². The van der Waals surface area contributed by atoms with Crippen molar-refractivity contribution in [1.29, 1.82) is 0 Å². The number of H-pyrrole nitrogens is 1. The van der Waals surface area contributed by atoms with Crippen molar-refractivity contribution < 1.29 is 4.79 Å². The Balaban J connectivity index is 1.78. The number of aromatic nitrogens is 3. The van der Waals surface area contributed by atoms with Gasteiger partial charge in [-0.25, -0.2) is 4.98 Å². The van der Waals surface area contributed by atoms with Gasteiger partial charge in [-0.05, 0) is 24.3 Å². The molecule has 3 rings (SSSR count). The maximum Gasteiger partial charge on any atom is 0.255 e. The van der Waals surface area contributed by atoms with Crippen LogP contribution in [0.15, 0.2) is 48.8 Å². The molecule has 0 unspecified atom stereocenters. The molecule has 2 heterocycles. The molecule has 0 fully saturated rings. The number of nitrogens with one attached hydrogen (secondary N) is 1. The van der Waals surface area contributed by atoms with Crippen LogP contribution in [-0.4, -0.2) is 32.8 Å². The molecular weight excluding hydrogens is 252 g/mol. The number of benzene rings is 1. The maximum atomic E-state index is 12.2. The van der Waals surface area contributed by atoms with E-state index in [0.717, 1.165) is 16.9 Å². The third kappa shape index (κ3) is 2.38. The summed E-state index contributed by atoms with van der Waals surface area (Å²) in [7, 11) is 1.75. The Kier molecular flexibility index (Phi) is 3.16. The first-order valence-corrected chi connectivity index (χ1v) is 6.33. The quantitative estimate of drug-likeness (QED) is 0.790. The molecule has 1 aromatic carbocycles. The van der Waals surface area contributed by atoms with Crippen molar-refractivity contribution in [2.24, 2.45) is 0 Å². The molecule has 0 bridgehead atoms. The molecule has 0 saturated heterocycles. The van der Waals surface area contributed by atoms with Gasteiger partial charge in [0.05, 0.1) is 23.1 Å². The van der Waals surface area contributed by atoms with E-state index >= 15 is 0 Å². The summed E-state index contributed by atoms with van der Waals surface area (Å²) in [5.41, 5.74) is 2.46. The topological polar surface area (TPSA) is 61.9 Å². The molecular formula is C15H14N4O. The fourth-order valence-corrected chi connectivity index (χ4v) is 2.09. The summed E-state index contributed by atoms with van der Waals surface area (Å²) in [4.78, 5) is 25.5. The van der Waals surface area contributed by atoms with E-state index in [4.69, 9.17) is 0 Å². The second-order valence-electron chi connectivity index (χ2n) is 4.60. The Hall–Kier alpha value is -2.69. The Morgan fingerprint density at radius 1 is 1.25 bits per heavy atom. The molecule has 0 saturated carbocycles. The number of carbonyl (C=O) groups is 1. The normalized spacial score (nSPS) is 10.7. The van der Waals surface area contributed by atoms with Crippen LogP contribution >= 0.6 is 0 Å². The predicted octanol–water partition coefficient (Wildman–Crippen LogP) is 2.23. The van der Waals surface area contributed by atoms with Gasteiger partial charge in [0.25, 0.3) is 5.91 Å². The number of para-hydroxylation sites is 2. The largest absolute Gasteiger partial charge is 0.340 e. The van der Waals surface area contributed by atoms with Crippen molar-refractivity contribution in [2.75, 3.05) is 7.05 Å². The minimum absolute atomic E-state index is 0.0708. The number of imidazole rings is 1. The lowest BCUT2D eigenvalue weighted by Crippen LogP contribution is -2.26. The Morgan fingerprint density at radius 3 is 2.85 bits per heavy atom. The summed E-state index contributed by atoms with van der Waals surface area (Å²) >= 11 is 0. The summed E-state index contributed by atoms with van der Waals surface area (Å²) in [6, 6.07) is 11.3. The minimum Gasteiger partial charge on any atom is -0.340 e. The van der Waals surface area contributed by atoms with Gasteiger partial charge >= 0.3 is 0 Å². The average Bonchev–Trinajstić information content (AvgIpc) is 2.89. The fraction of sp³-hybridized carbons (Fsp3) is 0.133. The van der Waals surface area contributed by atoms with Crippen LogP contribution < -0.4 is 0 Å². The second-order valence-corrected chi connectivity index (χ2v) is 4.60. The van der Waals surface area contributed by atoms with Crippen LogP contribution in [0, 0.1) is 0 Å². The first-order valence-electron chi connectivity index (χ1n) is 6.33. The zero-order chi connectivity index (χ0) is 13.9. The van der Waals surface area contributed by atoms with Crippen LogP contribution in [0.3, 0.4) is 0 Å². The zero-order valence-electron chi connectivity index (χ0n) is 11.1. The van der Waals surface area contributed by atoms with E-state index in [0.29, 0.717) is 12.1 Å². The Bertz CT molecular complexity index is 703. The maximum absolute atomic E-state index is 12.2. The van der Waals surface area contributed by atoms with Crippen molar-refractivity contribution in [3.63, 3.8) is 0 Å². The van der Waals surface area contributed by atoms with E-state index in [1.807, 2.05) is 24.3 Å². The van der Waals surface area contributed by atoms with Gasteiger partial charge in [-0.3, -0.25) is 9.78 Å². The lowest BCUT2D eigenvalue weighted by atomic mass is 10.2. The van der Waals surface area contributed by atoms with Crippen molar-refractivity contribution >= 4 is 16.9 Å². The third-order valence-corrected chi connectivity index (χ3v) is 3.08. The molecule has 0 aliphatic heterocycles. The molecule has 0 spiro atoms. The van der Waals surface area contributed by atoms with Crippen LogP contribution in [0.1, 0.15) is 16.2 Å². The van der Waals surface area contributed by atoms with Gasteiger partial charge in [-0.15, -0.1) is 0 Å². The molecule has 5 heteroatoms. The number of aromatic amines is 1. The van der Waals surface area contributed by atoms with Crippen molar-refractivity contribution in [2.45, 2.75) is 6.54 Å². The molecule has 1 N–H and O–H groups in total. The lowest BCUT2D eigenvalue weighted by molar-refractivity contribution is 0.0781. The highest BCUT2D eigenvalue weighted by Crippen LogP contribution is 2.12. The molecule has 0 aliphatic rings. The van der Waals surface area contributed by atoms with Gasteiger partial charge in [0, 0.05) is 19.4 Å². The Labute approximate surface area is 116 Å².